The van der Waals surface area contributed by atoms with E-state index in [4.69, 9.17) is 10.5 Å². The molecule has 1 aliphatic rings. The fraction of sp³-hybridized carbons (Fsp3) is 0.667. The Bertz CT molecular complexity index is 508. The second-order valence-corrected chi connectivity index (χ2v) is 4.87. The monoisotopic (exact) mass is 281 g/mol. The molecule has 20 heavy (non-hydrogen) atoms. The van der Waals surface area contributed by atoms with E-state index in [0.29, 0.717) is 12.5 Å². The number of rotatable bonds is 5. The van der Waals surface area contributed by atoms with Crippen LogP contribution in [0.25, 0.3) is 0 Å². The summed E-state index contributed by atoms with van der Waals surface area (Å²) in [5.41, 5.74) is 5.70. The van der Waals surface area contributed by atoms with Gasteiger partial charge in [-0.15, -0.1) is 0 Å². The van der Waals surface area contributed by atoms with Gasteiger partial charge in [-0.2, -0.15) is 4.98 Å². The Morgan fingerprint density at radius 3 is 2.95 bits per heavy atom. The molecular formula is C12H19N5O3. The van der Waals surface area contributed by atoms with Crippen molar-refractivity contribution in [3.05, 3.63) is 15.8 Å². The molecule has 1 fully saturated rings. The zero-order chi connectivity index (χ0) is 14.7. The van der Waals surface area contributed by atoms with Gasteiger partial charge in [-0.25, -0.2) is 4.98 Å². The van der Waals surface area contributed by atoms with Crippen molar-refractivity contribution in [2.45, 2.75) is 32.8 Å². The Morgan fingerprint density at radius 2 is 2.30 bits per heavy atom. The maximum atomic E-state index is 11.1. The molecule has 0 saturated carbocycles. The molecule has 1 aromatic rings. The van der Waals surface area contributed by atoms with Gasteiger partial charge in [-0.05, 0) is 19.8 Å². The van der Waals surface area contributed by atoms with Gasteiger partial charge in [-0.3, -0.25) is 10.1 Å². The van der Waals surface area contributed by atoms with Crippen molar-refractivity contribution in [2.75, 3.05) is 24.2 Å². The average Bonchev–Trinajstić information content (AvgIpc) is 2.82. The highest BCUT2D eigenvalue weighted by Crippen LogP contribution is 2.28. The largest absolute Gasteiger partial charge is 0.378 e. The molecule has 0 aliphatic carbocycles. The van der Waals surface area contributed by atoms with Crippen molar-refractivity contribution >= 4 is 17.5 Å². The van der Waals surface area contributed by atoms with Gasteiger partial charge < -0.3 is 15.8 Å². The highest BCUT2D eigenvalue weighted by atomic mass is 16.6. The summed E-state index contributed by atoms with van der Waals surface area (Å²) in [6.07, 6.45) is 2.07. The molecule has 1 aromatic heterocycles. The van der Waals surface area contributed by atoms with E-state index >= 15 is 0 Å². The number of aromatic nitrogens is 2. The molecule has 1 aliphatic heterocycles. The smallest absolute Gasteiger partial charge is 0.332 e. The van der Waals surface area contributed by atoms with E-state index in [0.717, 1.165) is 19.4 Å². The zero-order valence-electron chi connectivity index (χ0n) is 11.6. The van der Waals surface area contributed by atoms with Crippen molar-refractivity contribution in [2.24, 2.45) is 5.92 Å². The van der Waals surface area contributed by atoms with Gasteiger partial charge >= 0.3 is 5.69 Å². The normalized spacial score (nSPS) is 21.9. The highest BCUT2D eigenvalue weighted by Gasteiger charge is 2.28. The van der Waals surface area contributed by atoms with Crippen molar-refractivity contribution in [3.63, 3.8) is 0 Å². The van der Waals surface area contributed by atoms with Crippen molar-refractivity contribution in [1.82, 2.24) is 9.97 Å². The quantitative estimate of drug-likeness (QED) is 0.620. The maximum absolute atomic E-state index is 11.1. The van der Waals surface area contributed by atoms with Crippen LogP contribution in [0.4, 0.5) is 17.5 Å². The minimum atomic E-state index is -0.487. The standard InChI is InChI=1S/C12H19N5O3/c1-3-9-8(4-5-20-9)6-14-11-10(17(18)19)7(2)15-12(13)16-11/h8-9H,3-6H2,1-2H3,(H3,13,14,15,16). The molecule has 0 radical (unpaired) electrons. The molecule has 0 amide bonds. The molecular weight excluding hydrogens is 262 g/mol. The van der Waals surface area contributed by atoms with Gasteiger partial charge in [0.05, 0.1) is 11.0 Å². The molecule has 2 unspecified atom stereocenters. The third-order valence-corrected chi connectivity index (χ3v) is 3.54. The lowest BCUT2D eigenvalue weighted by Crippen LogP contribution is -2.23. The lowest BCUT2D eigenvalue weighted by molar-refractivity contribution is -0.385. The Labute approximate surface area is 116 Å². The molecule has 1 saturated heterocycles. The van der Waals surface area contributed by atoms with E-state index in [1.54, 1.807) is 6.92 Å². The van der Waals surface area contributed by atoms with Crippen LogP contribution in [-0.4, -0.2) is 34.1 Å². The van der Waals surface area contributed by atoms with Gasteiger partial charge in [0.2, 0.25) is 11.8 Å². The number of nitrogen functional groups attached to an aromatic ring is 1. The van der Waals surface area contributed by atoms with E-state index in [-0.39, 0.29) is 29.3 Å². The second kappa shape index (κ2) is 6.00. The van der Waals surface area contributed by atoms with Crippen LogP contribution >= 0.6 is 0 Å². The second-order valence-electron chi connectivity index (χ2n) is 4.87. The molecule has 2 heterocycles. The first-order chi connectivity index (χ1) is 9.52. The number of anilines is 2. The summed E-state index contributed by atoms with van der Waals surface area (Å²) in [5, 5.41) is 14.1. The number of nitrogens with two attached hydrogens (primary N) is 1. The topological polar surface area (TPSA) is 116 Å². The van der Waals surface area contributed by atoms with E-state index < -0.39 is 4.92 Å². The maximum Gasteiger partial charge on any atom is 0.332 e. The summed E-state index contributed by atoms with van der Waals surface area (Å²) in [4.78, 5) is 18.4. The Hall–Kier alpha value is -1.96. The number of aryl methyl sites for hydroxylation is 1. The number of hydrogen-bond donors (Lipinski definition) is 2. The zero-order valence-corrected chi connectivity index (χ0v) is 11.6. The summed E-state index contributed by atoms with van der Waals surface area (Å²) in [7, 11) is 0. The molecule has 110 valence electrons. The lowest BCUT2D eigenvalue weighted by Gasteiger charge is -2.17. The van der Waals surface area contributed by atoms with E-state index in [1.165, 1.54) is 0 Å². The molecule has 0 bridgehead atoms. The number of nitrogens with zero attached hydrogens (tertiary/aromatic N) is 3. The average molecular weight is 281 g/mol. The predicted octanol–water partition coefficient (Wildman–Crippen LogP) is 1.50. The predicted molar refractivity (Wildman–Crippen MR) is 74.5 cm³/mol. The summed E-state index contributed by atoms with van der Waals surface area (Å²) in [6, 6.07) is 0. The number of nitro groups is 1. The Balaban J connectivity index is 2.14. The SMILES string of the molecule is CCC1OCCC1CNc1nc(N)nc(C)c1[N+](=O)[O-]. The number of ether oxygens (including phenoxy) is 1. The van der Waals surface area contributed by atoms with Crippen LogP contribution < -0.4 is 11.1 Å². The molecule has 2 rings (SSSR count). The van der Waals surface area contributed by atoms with Gasteiger partial charge in [-0.1, -0.05) is 6.92 Å². The van der Waals surface area contributed by atoms with Crippen LogP contribution in [0, 0.1) is 23.0 Å². The lowest BCUT2D eigenvalue weighted by atomic mass is 10.00. The van der Waals surface area contributed by atoms with E-state index in [9.17, 15) is 10.1 Å². The molecule has 0 aromatic carbocycles. The summed E-state index contributed by atoms with van der Waals surface area (Å²) in [6.45, 7) is 4.93. The van der Waals surface area contributed by atoms with E-state index in [1.807, 2.05) is 0 Å². The van der Waals surface area contributed by atoms with Crippen LogP contribution in [0.5, 0.6) is 0 Å². The van der Waals surface area contributed by atoms with Crippen LogP contribution in [0.3, 0.4) is 0 Å². The molecule has 2 atom stereocenters. The summed E-state index contributed by atoms with van der Waals surface area (Å²) < 4.78 is 5.60. The summed E-state index contributed by atoms with van der Waals surface area (Å²) in [5.74, 6) is 0.545. The molecule has 3 N–H and O–H groups in total. The van der Waals surface area contributed by atoms with E-state index in [2.05, 4.69) is 22.2 Å². The third-order valence-electron chi connectivity index (χ3n) is 3.54. The van der Waals surface area contributed by atoms with Crippen LogP contribution in [-0.2, 0) is 4.74 Å². The summed E-state index contributed by atoms with van der Waals surface area (Å²) >= 11 is 0. The first-order valence-corrected chi connectivity index (χ1v) is 6.66. The minimum Gasteiger partial charge on any atom is -0.378 e. The minimum absolute atomic E-state index is 0.0327. The molecule has 8 heteroatoms. The van der Waals surface area contributed by atoms with Crippen LogP contribution in [0.1, 0.15) is 25.5 Å². The molecule has 8 nitrogen and oxygen atoms in total. The van der Waals surface area contributed by atoms with Gasteiger partial charge in [0.25, 0.3) is 0 Å². The highest BCUT2D eigenvalue weighted by molar-refractivity contribution is 5.60. The molecule has 0 spiro atoms. The van der Waals surface area contributed by atoms with Crippen LogP contribution in [0.15, 0.2) is 0 Å². The fourth-order valence-electron chi connectivity index (χ4n) is 2.54. The van der Waals surface area contributed by atoms with Crippen molar-refractivity contribution < 1.29 is 9.66 Å². The number of hydrogen-bond acceptors (Lipinski definition) is 7. The Morgan fingerprint density at radius 1 is 1.55 bits per heavy atom. The van der Waals surface area contributed by atoms with Crippen LogP contribution in [0.2, 0.25) is 0 Å². The van der Waals surface area contributed by atoms with Crippen molar-refractivity contribution in [1.29, 1.82) is 0 Å². The first-order valence-electron chi connectivity index (χ1n) is 6.66. The van der Waals surface area contributed by atoms with Gasteiger partial charge in [0.15, 0.2) is 0 Å². The van der Waals surface area contributed by atoms with Crippen molar-refractivity contribution in [3.8, 4) is 0 Å². The Kier molecular flexibility index (Phi) is 4.33. The fourth-order valence-corrected chi connectivity index (χ4v) is 2.54. The van der Waals surface area contributed by atoms with Gasteiger partial charge in [0.1, 0.15) is 5.69 Å². The van der Waals surface area contributed by atoms with Gasteiger partial charge in [0, 0.05) is 19.1 Å². The third kappa shape index (κ3) is 2.96. The number of nitrogens with one attached hydrogen (secondary N) is 1. The first kappa shape index (κ1) is 14.4.